The molecule has 35 heavy (non-hydrogen) atoms. The number of pyridine rings is 1. The smallest absolute Gasteiger partial charge is 0.248 e. The lowest BCUT2D eigenvalue weighted by Gasteiger charge is -2.28. The summed E-state index contributed by atoms with van der Waals surface area (Å²) in [6.07, 6.45) is 3.80. The third-order valence-corrected chi connectivity index (χ3v) is 7.03. The van der Waals surface area contributed by atoms with Gasteiger partial charge in [-0.1, -0.05) is 34.1 Å². The minimum atomic E-state index is -2.47. The van der Waals surface area contributed by atoms with Crippen molar-refractivity contribution in [3.63, 3.8) is 0 Å². The molecule has 1 aromatic carbocycles. The van der Waals surface area contributed by atoms with Gasteiger partial charge in [0.15, 0.2) is 0 Å². The van der Waals surface area contributed by atoms with Crippen molar-refractivity contribution in [1.82, 2.24) is 26.3 Å². The van der Waals surface area contributed by atoms with Crippen LogP contribution in [-0.2, 0) is 24.4 Å². The topological polar surface area (TPSA) is 78.1 Å². The first-order valence-corrected chi connectivity index (χ1v) is 13.1. The molecule has 1 saturated carbocycles. The molecule has 2 aromatic rings. The molecule has 0 unspecified atom stereocenters. The van der Waals surface area contributed by atoms with Crippen molar-refractivity contribution in [1.29, 1.82) is 0 Å². The summed E-state index contributed by atoms with van der Waals surface area (Å²) in [7, 11) is 0. The van der Waals surface area contributed by atoms with Crippen molar-refractivity contribution in [3.8, 4) is 0 Å². The van der Waals surface area contributed by atoms with Crippen molar-refractivity contribution in [2.24, 2.45) is 0 Å². The predicted octanol–water partition coefficient (Wildman–Crippen LogP) is 4.29. The van der Waals surface area contributed by atoms with Crippen molar-refractivity contribution in [3.05, 3.63) is 63.9 Å². The second-order valence-corrected chi connectivity index (χ2v) is 10.0. The van der Waals surface area contributed by atoms with E-state index in [1.54, 1.807) is 6.20 Å². The maximum atomic E-state index is 13.2. The number of carbonyl (C=O) groups is 1. The number of halogens is 3. The van der Waals surface area contributed by atoms with Crippen LogP contribution in [0.2, 0.25) is 0 Å². The Morgan fingerprint density at radius 1 is 1.14 bits per heavy atom. The summed E-state index contributed by atoms with van der Waals surface area (Å²) in [5, 5.41) is 13.0. The molecule has 192 valence electrons. The number of carbonyl (C=O) groups excluding carboxylic acids is 1. The van der Waals surface area contributed by atoms with Crippen LogP contribution in [0.1, 0.15) is 55.8 Å². The van der Waals surface area contributed by atoms with Crippen LogP contribution in [-0.4, -0.2) is 42.0 Å². The van der Waals surface area contributed by atoms with E-state index in [0.29, 0.717) is 25.9 Å². The van der Waals surface area contributed by atoms with Crippen LogP contribution >= 0.6 is 15.9 Å². The summed E-state index contributed by atoms with van der Waals surface area (Å²) in [5.74, 6) is -2.53. The fourth-order valence-corrected chi connectivity index (χ4v) is 4.60. The molecule has 1 aliphatic rings. The minimum absolute atomic E-state index is 0.000637. The van der Waals surface area contributed by atoms with Crippen molar-refractivity contribution in [2.45, 2.75) is 76.7 Å². The van der Waals surface area contributed by atoms with Crippen LogP contribution in [0.15, 0.2) is 47.1 Å². The maximum Gasteiger partial charge on any atom is 0.248 e. The average molecular weight is 553 g/mol. The van der Waals surface area contributed by atoms with Crippen LogP contribution in [0.4, 0.5) is 8.78 Å². The predicted molar refractivity (Wildman–Crippen MR) is 138 cm³/mol. The molecule has 4 N–H and O–H groups in total. The second-order valence-electron chi connectivity index (χ2n) is 9.18. The second kappa shape index (κ2) is 14.0. The quantitative estimate of drug-likeness (QED) is 0.279. The van der Waals surface area contributed by atoms with Crippen LogP contribution in [0.5, 0.6) is 0 Å². The van der Waals surface area contributed by atoms with E-state index in [4.69, 9.17) is 0 Å². The first-order chi connectivity index (χ1) is 16.8. The summed E-state index contributed by atoms with van der Waals surface area (Å²) in [5.41, 5.74) is 3.06. The Hall–Kier alpha value is -1.94. The Morgan fingerprint density at radius 3 is 2.66 bits per heavy atom. The molecular weight excluding hydrogens is 516 g/mol. The van der Waals surface area contributed by atoms with Crippen LogP contribution in [0.3, 0.4) is 0 Å². The highest BCUT2D eigenvalue weighted by atomic mass is 79.9. The number of hydrogen-bond acceptors (Lipinski definition) is 5. The molecule has 3 rings (SSSR count). The summed E-state index contributed by atoms with van der Waals surface area (Å²) in [4.78, 5) is 16.7. The number of nitrogens with one attached hydrogen (secondary N) is 4. The van der Waals surface area contributed by atoms with E-state index >= 15 is 0 Å². The van der Waals surface area contributed by atoms with Gasteiger partial charge in [0.1, 0.15) is 0 Å². The van der Waals surface area contributed by atoms with Gasteiger partial charge in [0, 0.05) is 49.2 Å². The van der Waals surface area contributed by atoms with Gasteiger partial charge < -0.3 is 21.3 Å². The highest BCUT2D eigenvalue weighted by molar-refractivity contribution is 9.10. The molecule has 0 saturated heterocycles. The van der Waals surface area contributed by atoms with Crippen LogP contribution in [0, 0.1) is 0 Å². The number of aromatic nitrogens is 1. The van der Waals surface area contributed by atoms with Crippen molar-refractivity contribution >= 4 is 21.8 Å². The zero-order chi connectivity index (χ0) is 25.1. The van der Waals surface area contributed by atoms with Gasteiger partial charge in [-0.3, -0.25) is 9.78 Å². The molecule has 1 fully saturated rings. The zero-order valence-corrected chi connectivity index (χ0v) is 21.8. The van der Waals surface area contributed by atoms with E-state index in [1.807, 2.05) is 31.2 Å². The molecule has 0 bridgehead atoms. The van der Waals surface area contributed by atoms with Crippen LogP contribution < -0.4 is 21.3 Å². The largest absolute Gasteiger partial charge is 0.351 e. The van der Waals surface area contributed by atoms with Crippen molar-refractivity contribution < 1.29 is 13.6 Å². The number of rotatable bonds is 13. The maximum absolute atomic E-state index is 13.2. The first-order valence-electron chi connectivity index (χ1n) is 12.3. The average Bonchev–Trinajstić information content (AvgIpc) is 2.85. The highest BCUT2D eigenvalue weighted by Crippen LogP contribution is 2.32. The van der Waals surface area contributed by atoms with E-state index in [-0.39, 0.29) is 30.8 Å². The highest BCUT2D eigenvalue weighted by Gasteiger charge is 2.34. The number of alkyl halides is 2. The van der Waals surface area contributed by atoms with E-state index in [9.17, 15) is 13.6 Å². The molecule has 0 spiro atoms. The van der Waals surface area contributed by atoms with E-state index in [2.05, 4.69) is 54.3 Å². The Balaban J connectivity index is 1.29. The first kappa shape index (κ1) is 27.6. The van der Waals surface area contributed by atoms with E-state index < -0.39 is 5.92 Å². The lowest BCUT2D eigenvalue weighted by Crippen LogP contribution is -2.41. The normalized spacial score (nSPS) is 16.7. The standard InChI is InChI=1S/C26H36BrF2N5O/c1-19(33-18-23-5-2-3-13-32-23)25(35)34-17-21-7-6-20(15-24(21)27)16-30-12-4-14-31-22-8-10-26(28,29)11-9-22/h2-3,5-7,13,15,19,22,30-31,33H,4,8-12,14,16-18H2,1H3,(H,34,35)/t19-/m0/s1. The molecule has 1 atom stereocenters. The van der Waals surface area contributed by atoms with Gasteiger partial charge >= 0.3 is 0 Å². The Labute approximate surface area is 215 Å². The lowest BCUT2D eigenvalue weighted by atomic mass is 9.92. The number of benzene rings is 1. The third-order valence-electron chi connectivity index (χ3n) is 6.29. The van der Waals surface area contributed by atoms with Gasteiger partial charge in [0.2, 0.25) is 11.8 Å². The third kappa shape index (κ3) is 9.91. The fraction of sp³-hybridized carbons (Fsp3) is 0.538. The Morgan fingerprint density at radius 2 is 1.94 bits per heavy atom. The summed E-state index contributed by atoms with van der Waals surface area (Å²) in [6.45, 7) is 5.26. The minimum Gasteiger partial charge on any atom is -0.351 e. The monoisotopic (exact) mass is 551 g/mol. The molecule has 0 aliphatic heterocycles. The van der Waals surface area contributed by atoms with Gasteiger partial charge in [-0.05, 0) is 68.6 Å². The molecule has 1 amide bonds. The Bertz CT molecular complexity index is 921. The van der Waals surface area contributed by atoms with Crippen LogP contribution in [0.25, 0.3) is 0 Å². The van der Waals surface area contributed by atoms with E-state index in [0.717, 1.165) is 47.3 Å². The fourth-order valence-electron chi connectivity index (χ4n) is 4.03. The van der Waals surface area contributed by atoms with Crippen molar-refractivity contribution in [2.75, 3.05) is 13.1 Å². The lowest BCUT2D eigenvalue weighted by molar-refractivity contribution is -0.122. The molecule has 6 nitrogen and oxygen atoms in total. The SMILES string of the molecule is C[C@H](NCc1ccccn1)C(=O)NCc1ccc(CNCCCNC2CCC(F)(F)CC2)cc1Br. The molecule has 1 heterocycles. The number of amides is 1. The molecule has 9 heteroatoms. The Kier molecular flexibility index (Phi) is 11.0. The van der Waals surface area contributed by atoms with E-state index in [1.165, 1.54) is 0 Å². The summed E-state index contributed by atoms with van der Waals surface area (Å²) >= 11 is 3.62. The summed E-state index contributed by atoms with van der Waals surface area (Å²) < 4.78 is 27.4. The van der Waals surface area contributed by atoms with Gasteiger partial charge in [0.25, 0.3) is 0 Å². The summed E-state index contributed by atoms with van der Waals surface area (Å²) in [6, 6.07) is 11.8. The molecule has 1 aromatic heterocycles. The van der Waals surface area contributed by atoms with Gasteiger partial charge in [0.05, 0.1) is 11.7 Å². The van der Waals surface area contributed by atoms with Gasteiger partial charge in [-0.15, -0.1) is 0 Å². The molecule has 1 aliphatic carbocycles. The van der Waals surface area contributed by atoms with Gasteiger partial charge in [-0.25, -0.2) is 8.78 Å². The van der Waals surface area contributed by atoms with Gasteiger partial charge in [-0.2, -0.15) is 0 Å². The molecular formula is C26H36BrF2N5O. The molecule has 0 radical (unpaired) electrons. The number of hydrogen-bond donors (Lipinski definition) is 4. The number of nitrogens with zero attached hydrogens (tertiary/aromatic N) is 1. The zero-order valence-electron chi connectivity index (χ0n) is 20.3.